The lowest BCUT2D eigenvalue weighted by molar-refractivity contribution is 0.101. The van der Waals surface area contributed by atoms with Crippen LogP contribution in [-0.4, -0.2) is 12.9 Å². The van der Waals surface area contributed by atoms with Crippen LogP contribution in [0, 0.1) is 0 Å². The molecule has 0 N–H and O–H groups in total. The summed E-state index contributed by atoms with van der Waals surface area (Å²) in [4.78, 5) is 12.2. The largest absolute Gasteiger partial charge is 0.497 e. The smallest absolute Gasteiger partial charge is 0.231 e. The van der Waals surface area contributed by atoms with Crippen molar-refractivity contribution in [2.24, 2.45) is 0 Å². The van der Waals surface area contributed by atoms with Crippen molar-refractivity contribution in [2.75, 3.05) is 7.11 Å². The van der Waals surface area contributed by atoms with E-state index in [-0.39, 0.29) is 5.78 Å². The first-order valence-electron chi connectivity index (χ1n) is 6.05. The molecule has 20 heavy (non-hydrogen) atoms. The summed E-state index contributed by atoms with van der Waals surface area (Å²) >= 11 is 3.38. The van der Waals surface area contributed by atoms with E-state index >= 15 is 0 Å². The van der Waals surface area contributed by atoms with Crippen molar-refractivity contribution in [2.45, 2.75) is 0 Å². The van der Waals surface area contributed by atoms with Crippen LogP contribution in [0.4, 0.5) is 0 Å². The van der Waals surface area contributed by atoms with Crippen LogP contribution in [0.2, 0.25) is 0 Å². The van der Waals surface area contributed by atoms with Crippen LogP contribution in [0.3, 0.4) is 0 Å². The minimum Gasteiger partial charge on any atom is -0.497 e. The van der Waals surface area contributed by atoms with Gasteiger partial charge in [0.15, 0.2) is 5.76 Å². The molecule has 0 unspecified atom stereocenters. The van der Waals surface area contributed by atoms with E-state index in [2.05, 4.69) is 15.9 Å². The second kappa shape index (κ2) is 5.13. The SMILES string of the molecule is COc1ccc2c(c1)O/C(=C/c1ccc(Br)cc1)C2=O. The third-order valence-corrected chi connectivity index (χ3v) is 3.57. The van der Waals surface area contributed by atoms with Crippen molar-refractivity contribution in [1.82, 2.24) is 0 Å². The predicted molar refractivity (Wildman–Crippen MR) is 80.1 cm³/mol. The average Bonchev–Trinajstić information content (AvgIpc) is 2.77. The number of hydrogen-bond acceptors (Lipinski definition) is 3. The summed E-state index contributed by atoms with van der Waals surface area (Å²) in [7, 11) is 1.58. The summed E-state index contributed by atoms with van der Waals surface area (Å²) in [5, 5.41) is 0. The summed E-state index contributed by atoms with van der Waals surface area (Å²) in [6.07, 6.45) is 1.74. The summed E-state index contributed by atoms with van der Waals surface area (Å²) in [6, 6.07) is 12.9. The van der Waals surface area contributed by atoms with Crippen LogP contribution in [0.5, 0.6) is 11.5 Å². The molecule has 2 aromatic rings. The first-order chi connectivity index (χ1) is 9.67. The monoisotopic (exact) mass is 330 g/mol. The number of carbonyl (C=O) groups excluding carboxylic acids is 1. The maximum absolute atomic E-state index is 12.2. The van der Waals surface area contributed by atoms with Gasteiger partial charge in [0.1, 0.15) is 11.5 Å². The Bertz CT molecular complexity index is 702. The highest BCUT2D eigenvalue weighted by molar-refractivity contribution is 9.10. The lowest BCUT2D eigenvalue weighted by Crippen LogP contribution is -1.97. The summed E-state index contributed by atoms with van der Waals surface area (Å²) in [5.41, 5.74) is 1.48. The van der Waals surface area contributed by atoms with Crippen LogP contribution in [0.25, 0.3) is 6.08 Å². The fraction of sp³-hybridized carbons (Fsp3) is 0.0625. The standard InChI is InChI=1S/C16H11BrO3/c1-19-12-6-7-13-14(9-12)20-15(16(13)18)8-10-2-4-11(17)5-3-10/h2-9H,1H3/b15-8+. The maximum atomic E-state index is 12.2. The minimum absolute atomic E-state index is 0.106. The third kappa shape index (κ3) is 2.34. The van der Waals surface area contributed by atoms with E-state index in [9.17, 15) is 4.79 Å². The fourth-order valence-corrected chi connectivity index (χ4v) is 2.27. The van der Waals surface area contributed by atoms with Crippen LogP contribution in [0.1, 0.15) is 15.9 Å². The Kier molecular flexibility index (Phi) is 3.32. The summed E-state index contributed by atoms with van der Waals surface area (Å²) in [5.74, 6) is 1.43. The van der Waals surface area contributed by atoms with E-state index in [1.807, 2.05) is 24.3 Å². The van der Waals surface area contributed by atoms with Crippen molar-refractivity contribution in [1.29, 1.82) is 0 Å². The Balaban J connectivity index is 1.94. The zero-order valence-electron chi connectivity index (χ0n) is 10.7. The molecule has 0 saturated heterocycles. The molecule has 2 aromatic carbocycles. The van der Waals surface area contributed by atoms with Crippen LogP contribution in [0.15, 0.2) is 52.7 Å². The van der Waals surface area contributed by atoms with Crippen molar-refractivity contribution in [3.05, 3.63) is 63.8 Å². The molecule has 3 rings (SSSR count). The number of rotatable bonds is 2. The van der Waals surface area contributed by atoms with E-state index in [1.54, 1.807) is 31.4 Å². The molecule has 1 aliphatic heterocycles. The molecule has 0 amide bonds. The highest BCUT2D eigenvalue weighted by Crippen LogP contribution is 2.34. The third-order valence-electron chi connectivity index (χ3n) is 3.04. The highest BCUT2D eigenvalue weighted by atomic mass is 79.9. The number of fused-ring (bicyclic) bond motifs is 1. The van der Waals surface area contributed by atoms with Crippen molar-refractivity contribution in [3.8, 4) is 11.5 Å². The molecule has 1 aliphatic rings. The summed E-state index contributed by atoms with van der Waals surface area (Å²) in [6.45, 7) is 0. The molecule has 0 aliphatic carbocycles. The number of carbonyl (C=O) groups is 1. The molecule has 100 valence electrons. The number of allylic oxidation sites excluding steroid dienone is 1. The lowest BCUT2D eigenvalue weighted by atomic mass is 10.1. The Labute approximate surface area is 125 Å². The normalized spacial score (nSPS) is 15.1. The molecule has 0 saturated carbocycles. The zero-order valence-corrected chi connectivity index (χ0v) is 12.3. The quantitative estimate of drug-likeness (QED) is 0.778. The molecule has 0 aromatic heterocycles. The molecule has 3 nitrogen and oxygen atoms in total. The maximum Gasteiger partial charge on any atom is 0.231 e. The van der Waals surface area contributed by atoms with Crippen LogP contribution < -0.4 is 9.47 Å². The van der Waals surface area contributed by atoms with E-state index in [0.29, 0.717) is 22.8 Å². The lowest BCUT2D eigenvalue weighted by Gasteiger charge is -2.01. The Morgan fingerprint density at radius 3 is 2.60 bits per heavy atom. The van der Waals surface area contributed by atoms with Gasteiger partial charge in [-0.05, 0) is 35.9 Å². The van der Waals surface area contributed by atoms with Crippen molar-refractivity contribution >= 4 is 27.8 Å². The van der Waals surface area contributed by atoms with Gasteiger partial charge in [-0.15, -0.1) is 0 Å². The Hall–Kier alpha value is -2.07. The van der Waals surface area contributed by atoms with Crippen LogP contribution in [-0.2, 0) is 0 Å². The molecular formula is C16H11BrO3. The van der Waals surface area contributed by atoms with Gasteiger partial charge in [-0.3, -0.25) is 4.79 Å². The van der Waals surface area contributed by atoms with E-state index in [0.717, 1.165) is 10.0 Å². The summed E-state index contributed by atoms with van der Waals surface area (Å²) < 4.78 is 11.7. The molecule has 1 heterocycles. The van der Waals surface area contributed by atoms with Gasteiger partial charge in [0.2, 0.25) is 5.78 Å². The number of methoxy groups -OCH3 is 1. The number of benzene rings is 2. The number of ketones is 1. The topological polar surface area (TPSA) is 35.5 Å². The highest BCUT2D eigenvalue weighted by Gasteiger charge is 2.27. The van der Waals surface area contributed by atoms with Gasteiger partial charge in [-0.2, -0.15) is 0 Å². The molecular weight excluding hydrogens is 320 g/mol. The number of halogens is 1. The number of ether oxygens (including phenoxy) is 2. The van der Waals surface area contributed by atoms with Gasteiger partial charge in [0.05, 0.1) is 12.7 Å². The Morgan fingerprint density at radius 2 is 1.90 bits per heavy atom. The predicted octanol–water partition coefficient (Wildman–Crippen LogP) is 4.07. The Morgan fingerprint density at radius 1 is 1.15 bits per heavy atom. The first kappa shape index (κ1) is 12.9. The van der Waals surface area contributed by atoms with Crippen molar-refractivity contribution in [3.63, 3.8) is 0 Å². The minimum atomic E-state index is -0.106. The number of hydrogen-bond donors (Lipinski definition) is 0. The van der Waals surface area contributed by atoms with Gasteiger partial charge < -0.3 is 9.47 Å². The second-order valence-corrected chi connectivity index (χ2v) is 5.27. The van der Waals surface area contributed by atoms with Gasteiger partial charge in [-0.1, -0.05) is 28.1 Å². The average molecular weight is 331 g/mol. The molecule has 0 atom stereocenters. The second-order valence-electron chi connectivity index (χ2n) is 4.35. The first-order valence-corrected chi connectivity index (χ1v) is 6.84. The van der Waals surface area contributed by atoms with E-state index < -0.39 is 0 Å². The molecule has 0 spiro atoms. The zero-order chi connectivity index (χ0) is 14.1. The van der Waals surface area contributed by atoms with Gasteiger partial charge in [0, 0.05) is 10.5 Å². The van der Waals surface area contributed by atoms with Gasteiger partial charge in [0.25, 0.3) is 0 Å². The number of Topliss-reactive ketones (excluding diaryl/α,β-unsaturated/α-hetero) is 1. The molecule has 4 heteroatoms. The molecule has 0 fully saturated rings. The molecule has 0 bridgehead atoms. The van der Waals surface area contributed by atoms with E-state index in [4.69, 9.17) is 9.47 Å². The van der Waals surface area contributed by atoms with E-state index in [1.165, 1.54) is 0 Å². The van der Waals surface area contributed by atoms with Crippen LogP contribution >= 0.6 is 15.9 Å². The van der Waals surface area contributed by atoms with Gasteiger partial charge >= 0.3 is 0 Å². The molecule has 0 radical (unpaired) electrons. The van der Waals surface area contributed by atoms with Crippen molar-refractivity contribution < 1.29 is 14.3 Å². The fourth-order valence-electron chi connectivity index (χ4n) is 2.00. The van der Waals surface area contributed by atoms with Gasteiger partial charge in [-0.25, -0.2) is 0 Å².